The maximum atomic E-state index is 14.6. The van der Waals surface area contributed by atoms with E-state index in [1.165, 1.54) is 19.1 Å². The lowest BCUT2D eigenvalue weighted by atomic mass is 9.81. The van der Waals surface area contributed by atoms with Crippen molar-refractivity contribution in [2.24, 2.45) is 29.6 Å². The van der Waals surface area contributed by atoms with Crippen molar-refractivity contribution in [3.63, 3.8) is 0 Å². The summed E-state index contributed by atoms with van der Waals surface area (Å²) in [6.45, 7) is 11.6. The highest BCUT2D eigenvalue weighted by molar-refractivity contribution is 6.39. The number of methoxy groups -OCH3 is 3. The van der Waals surface area contributed by atoms with Crippen LogP contribution >= 0.6 is 0 Å². The molecule has 2 saturated heterocycles. The largest absolute Gasteiger partial charge is 0.456 e. The zero-order valence-electron chi connectivity index (χ0n) is 41.7. The number of amides is 1. The Bertz CT molecular complexity index is 2070. The molecule has 15 heteroatoms. The second-order valence-electron chi connectivity index (χ2n) is 20.0. The van der Waals surface area contributed by atoms with Gasteiger partial charge in [-0.15, -0.1) is 0 Å². The second-order valence-corrected chi connectivity index (χ2v) is 20.0. The molecule has 68 heavy (non-hydrogen) atoms. The summed E-state index contributed by atoms with van der Waals surface area (Å²) in [4.78, 5) is 66.5. The number of piperidine rings is 1. The number of allylic oxidation sites excluding steroid dienone is 3. The molecule has 15 nitrogen and oxygen atoms in total. The Hall–Kier alpha value is -4.09. The fourth-order valence-corrected chi connectivity index (χ4v) is 10.9. The molecule has 0 radical (unpaired) electrons. The number of rotatable bonds is 10. The Balaban J connectivity index is 1.26. The molecule has 1 amide bonds. The fourth-order valence-electron chi connectivity index (χ4n) is 10.9. The average Bonchev–Trinajstić information content (AvgIpc) is 3.82. The Kier molecular flexibility index (Phi) is 18.9. The van der Waals surface area contributed by atoms with Gasteiger partial charge in [-0.1, -0.05) is 75.8 Å². The number of nitrogens with zero attached hydrogens (tertiary/aromatic N) is 2. The highest BCUT2D eigenvalue weighted by Crippen LogP contribution is 2.39. The summed E-state index contributed by atoms with van der Waals surface area (Å²) in [7, 11) is 4.74. The molecule has 3 aliphatic heterocycles. The van der Waals surface area contributed by atoms with E-state index < -0.39 is 77.8 Å². The zero-order chi connectivity index (χ0) is 49.3. The number of imidazole rings is 1. The number of cyclic esters (lactones) is 1. The van der Waals surface area contributed by atoms with Crippen LogP contribution in [0.25, 0.3) is 11.3 Å². The lowest BCUT2D eigenvalue weighted by molar-refractivity contribution is -0.302. The smallest absolute Gasteiger partial charge is 0.329 e. The van der Waals surface area contributed by atoms with Gasteiger partial charge in [-0.2, -0.15) is 0 Å². The zero-order valence-corrected chi connectivity index (χ0v) is 41.7. The van der Waals surface area contributed by atoms with Crippen molar-refractivity contribution in [1.82, 2.24) is 14.9 Å². The number of carbonyl (C=O) groups is 4. The third-order valence-electron chi connectivity index (χ3n) is 15.0. The summed E-state index contributed by atoms with van der Waals surface area (Å²) in [6.07, 6.45) is 6.39. The van der Waals surface area contributed by atoms with Crippen molar-refractivity contribution in [3.05, 3.63) is 65.7 Å². The number of benzene rings is 1. The van der Waals surface area contributed by atoms with Crippen LogP contribution in [-0.4, -0.2) is 131 Å². The molecule has 6 rings (SSSR count). The standard InChI is InChI=1S/C53H77N3O12/c1-10-37-23-31(2)22-32(3)24-45(64-8)49-46(65-9)26-34(5)53(62,68-49)50(59)51(60)56-21-15-14-18-40(56)52(61)67-48(35(6)41(57)28-42(37)58)33(4)25-36-19-20-43(44(27-36)63-7)66-30-47-54-29-39(55-47)38-16-12-11-13-17-38/h11-13,16-17,23,25,29,32,34-37,40-41,43-46,48-49,57,62H,10,14-15,18-22,24,26-28,30H2,1-9H3,(H,54,55)/b31-23+,33-25?. The number of ketones is 2. The van der Waals surface area contributed by atoms with Crippen LogP contribution < -0.4 is 0 Å². The number of ether oxygens (including phenoxy) is 6. The monoisotopic (exact) mass is 948 g/mol. The SMILES string of the molecule is CCC1/C=C(\C)CC(C)CC(OC)C2OC(O)(C(=O)C(=O)N3CCCCC3C(=O)OC(C(C)=CC3CCC(OCc4nc(-c5ccccc5)c[nH]4)C(OC)C3)C(C)C(O)CC1=O)C(C)CC2OC. The number of Topliss-reactive ketones (excluding diaryl/α,β-unsaturated/α-hetero) is 2. The van der Waals surface area contributed by atoms with Gasteiger partial charge in [0.1, 0.15) is 36.5 Å². The Morgan fingerprint density at radius 3 is 2.32 bits per heavy atom. The number of aromatic nitrogens is 2. The van der Waals surface area contributed by atoms with Crippen LogP contribution in [0, 0.1) is 29.6 Å². The van der Waals surface area contributed by atoms with Gasteiger partial charge in [0.2, 0.25) is 5.79 Å². The molecule has 1 aromatic heterocycles. The predicted molar refractivity (Wildman–Crippen MR) is 255 cm³/mol. The Labute approximate surface area is 402 Å². The molecule has 1 aromatic carbocycles. The van der Waals surface area contributed by atoms with Crippen LogP contribution in [-0.2, 0) is 54.2 Å². The van der Waals surface area contributed by atoms with E-state index in [4.69, 9.17) is 33.4 Å². The maximum absolute atomic E-state index is 14.6. The lowest BCUT2D eigenvalue weighted by Crippen LogP contribution is -2.64. The van der Waals surface area contributed by atoms with Crippen LogP contribution in [0.2, 0.25) is 0 Å². The summed E-state index contributed by atoms with van der Waals surface area (Å²) in [6, 6.07) is 8.78. The van der Waals surface area contributed by atoms with E-state index in [1.807, 2.05) is 63.4 Å². The third-order valence-corrected chi connectivity index (χ3v) is 15.0. The van der Waals surface area contributed by atoms with Gasteiger partial charge in [-0.05, 0) is 95.5 Å². The van der Waals surface area contributed by atoms with E-state index >= 15 is 0 Å². The van der Waals surface area contributed by atoms with Gasteiger partial charge in [0.25, 0.3) is 11.7 Å². The molecular weight excluding hydrogens is 871 g/mol. The number of aromatic amines is 1. The van der Waals surface area contributed by atoms with Gasteiger partial charge in [-0.3, -0.25) is 14.4 Å². The van der Waals surface area contributed by atoms with E-state index in [-0.39, 0.29) is 62.2 Å². The van der Waals surface area contributed by atoms with Gasteiger partial charge in [0.15, 0.2) is 0 Å². The van der Waals surface area contributed by atoms with Gasteiger partial charge >= 0.3 is 5.97 Å². The summed E-state index contributed by atoms with van der Waals surface area (Å²) in [5.74, 6) is -6.82. The molecule has 3 fully saturated rings. The number of hydrogen-bond acceptors (Lipinski definition) is 13. The lowest BCUT2D eigenvalue weighted by Gasteiger charge is -2.47. The van der Waals surface area contributed by atoms with E-state index in [9.17, 15) is 29.4 Å². The molecule has 2 aromatic rings. The minimum Gasteiger partial charge on any atom is -0.456 e. The summed E-state index contributed by atoms with van der Waals surface area (Å²) >= 11 is 0. The van der Waals surface area contributed by atoms with E-state index in [2.05, 4.69) is 18.0 Å². The molecule has 1 aliphatic carbocycles. The number of fused-ring (bicyclic) bond motifs is 3. The van der Waals surface area contributed by atoms with Crippen molar-refractivity contribution in [2.75, 3.05) is 27.9 Å². The molecule has 376 valence electrons. The number of hydrogen-bond donors (Lipinski definition) is 3. The average molecular weight is 948 g/mol. The van der Waals surface area contributed by atoms with Gasteiger partial charge in [0.05, 0.1) is 36.2 Å². The Morgan fingerprint density at radius 2 is 1.63 bits per heavy atom. The molecule has 2 bridgehead atoms. The number of esters is 1. The molecule has 4 heterocycles. The van der Waals surface area contributed by atoms with Crippen molar-refractivity contribution in [2.45, 2.75) is 173 Å². The molecule has 14 unspecified atom stereocenters. The van der Waals surface area contributed by atoms with Crippen LogP contribution in [0.1, 0.15) is 118 Å². The van der Waals surface area contributed by atoms with Gasteiger partial charge in [0, 0.05) is 63.8 Å². The van der Waals surface area contributed by atoms with E-state index in [1.54, 1.807) is 21.0 Å². The molecule has 0 spiro atoms. The van der Waals surface area contributed by atoms with Crippen LogP contribution in [0.5, 0.6) is 0 Å². The van der Waals surface area contributed by atoms with E-state index in [0.29, 0.717) is 56.3 Å². The maximum Gasteiger partial charge on any atom is 0.329 e. The highest BCUT2D eigenvalue weighted by Gasteiger charge is 2.56. The van der Waals surface area contributed by atoms with Crippen molar-refractivity contribution < 1.29 is 57.8 Å². The topological polar surface area (TPSA) is 196 Å². The van der Waals surface area contributed by atoms with Crippen LogP contribution in [0.4, 0.5) is 0 Å². The number of aliphatic hydroxyl groups excluding tert-OH is 1. The summed E-state index contributed by atoms with van der Waals surface area (Å²) in [5.41, 5.74) is 3.53. The quantitative estimate of drug-likeness (QED) is 0.124. The fraction of sp³-hybridized carbons (Fsp3) is 0.679. The van der Waals surface area contributed by atoms with Crippen molar-refractivity contribution in [3.8, 4) is 11.3 Å². The van der Waals surface area contributed by atoms with E-state index in [0.717, 1.165) is 23.3 Å². The highest BCUT2D eigenvalue weighted by atomic mass is 16.7. The van der Waals surface area contributed by atoms with Crippen molar-refractivity contribution >= 4 is 23.4 Å². The Morgan fingerprint density at radius 1 is 0.926 bits per heavy atom. The number of nitrogens with one attached hydrogen (secondary N) is 1. The van der Waals surface area contributed by atoms with Crippen LogP contribution in [0.15, 0.2) is 59.8 Å². The number of carbonyl (C=O) groups excluding carboxylic acids is 4. The normalized spacial score (nSPS) is 36.3. The second kappa shape index (κ2) is 24.2. The first-order valence-electron chi connectivity index (χ1n) is 24.8. The van der Waals surface area contributed by atoms with Crippen molar-refractivity contribution in [1.29, 1.82) is 0 Å². The predicted octanol–water partition coefficient (Wildman–Crippen LogP) is 7.09. The first-order valence-corrected chi connectivity index (χ1v) is 24.8. The minimum absolute atomic E-state index is 0.00531. The molecule has 14 atom stereocenters. The van der Waals surface area contributed by atoms with Crippen LogP contribution in [0.3, 0.4) is 0 Å². The third kappa shape index (κ3) is 12.6. The molecule has 3 N–H and O–H groups in total. The van der Waals surface area contributed by atoms with Gasteiger partial charge in [-0.25, -0.2) is 9.78 Å². The first kappa shape index (κ1) is 53.3. The number of aliphatic hydroxyl groups is 2. The molecule has 4 aliphatic rings. The number of H-pyrrole nitrogens is 1. The minimum atomic E-state index is -2.51. The summed E-state index contributed by atoms with van der Waals surface area (Å²) < 4.78 is 36.8. The molecule has 1 saturated carbocycles. The molecular formula is C53H77N3O12. The van der Waals surface area contributed by atoms with Gasteiger partial charge < -0.3 is 48.5 Å². The summed E-state index contributed by atoms with van der Waals surface area (Å²) in [5, 5.41) is 24.0. The first-order chi connectivity index (χ1) is 32.5.